The van der Waals surface area contributed by atoms with E-state index in [0.29, 0.717) is 28.9 Å². The number of nitrogens with zero attached hydrogens (tertiary/aromatic N) is 3. The van der Waals surface area contributed by atoms with Crippen molar-refractivity contribution in [3.8, 4) is 22.2 Å². The van der Waals surface area contributed by atoms with E-state index in [1.807, 2.05) is 29.0 Å². The van der Waals surface area contributed by atoms with E-state index in [1.165, 1.54) is 26.0 Å². The van der Waals surface area contributed by atoms with Crippen LogP contribution < -0.4 is 14.8 Å². The van der Waals surface area contributed by atoms with E-state index in [0.717, 1.165) is 10.7 Å². The van der Waals surface area contributed by atoms with E-state index >= 15 is 0 Å². The van der Waals surface area contributed by atoms with E-state index in [1.54, 1.807) is 29.5 Å². The fraction of sp³-hybridized carbons (Fsp3) is 0.300. The second-order valence-electron chi connectivity index (χ2n) is 6.13. The van der Waals surface area contributed by atoms with Gasteiger partial charge in [0.1, 0.15) is 11.5 Å². The Balaban J connectivity index is 1.50. The van der Waals surface area contributed by atoms with Crippen molar-refractivity contribution in [3.63, 3.8) is 0 Å². The molecule has 9 nitrogen and oxygen atoms in total. The van der Waals surface area contributed by atoms with Gasteiger partial charge in [0, 0.05) is 30.4 Å². The Hall–Kier alpha value is -3.05. The molecule has 0 saturated heterocycles. The van der Waals surface area contributed by atoms with Gasteiger partial charge in [0.25, 0.3) is 5.91 Å². The first kappa shape index (κ1) is 22.6. The lowest BCUT2D eigenvalue weighted by Crippen LogP contribution is -2.21. The van der Waals surface area contributed by atoms with Crippen LogP contribution in [0.25, 0.3) is 10.7 Å². The molecule has 164 valence electrons. The lowest BCUT2D eigenvalue weighted by atomic mass is 10.2. The molecule has 2 aromatic heterocycles. The van der Waals surface area contributed by atoms with E-state index < -0.39 is 18.5 Å². The first-order chi connectivity index (χ1) is 15.0. The van der Waals surface area contributed by atoms with Crippen LogP contribution in [0.15, 0.2) is 40.9 Å². The number of thioether (sulfide) groups is 1. The van der Waals surface area contributed by atoms with Crippen molar-refractivity contribution in [1.29, 1.82) is 0 Å². The Labute approximate surface area is 187 Å². The highest BCUT2D eigenvalue weighted by molar-refractivity contribution is 7.99. The Morgan fingerprint density at radius 3 is 2.52 bits per heavy atom. The van der Waals surface area contributed by atoms with Gasteiger partial charge in [-0.2, -0.15) is 0 Å². The number of carbonyl (C=O) groups is 2. The molecule has 2 heterocycles. The number of thiophene rings is 1. The molecule has 0 bridgehead atoms. The van der Waals surface area contributed by atoms with Gasteiger partial charge in [-0.25, -0.2) is 0 Å². The maximum Gasteiger partial charge on any atom is 0.316 e. The maximum atomic E-state index is 12.1. The van der Waals surface area contributed by atoms with E-state index in [-0.39, 0.29) is 5.75 Å². The number of ether oxygens (including phenoxy) is 3. The molecule has 0 aliphatic carbocycles. The number of carbonyl (C=O) groups excluding carboxylic acids is 2. The lowest BCUT2D eigenvalue weighted by molar-refractivity contribution is -0.144. The number of hydrogen-bond donors (Lipinski definition) is 1. The summed E-state index contributed by atoms with van der Waals surface area (Å²) in [7, 11) is 3.03. The van der Waals surface area contributed by atoms with Gasteiger partial charge in [-0.3, -0.25) is 9.59 Å². The number of hydrogen-bond acceptors (Lipinski definition) is 9. The van der Waals surface area contributed by atoms with Gasteiger partial charge in [0.05, 0.1) is 24.8 Å². The highest BCUT2D eigenvalue weighted by Gasteiger charge is 2.16. The van der Waals surface area contributed by atoms with Gasteiger partial charge in [0.15, 0.2) is 17.6 Å². The average molecular weight is 463 g/mol. The third-order valence-corrected chi connectivity index (χ3v) is 5.90. The van der Waals surface area contributed by atoms with Crippen LogP contribution in [-0.2, 0) is 20.9 Å². The van der Waals surface area contributed by atoms with Crippen LogP contribution in [0, 0.1) is 0 Å². The van der Waals surface area contributed by atoms with Crippen molar-refractivity contribution in [2.45, 2.75) is 18.6 Å². The Morgan fingerprint density at radius 1 is 1.16 bits per heavy atom. The predicted octanol–water partition coefficient (Wildman–Crippen LogP) is 3.32. The van der Waals surface area contributed by atoms with E-state index in [2.05, 4.69) is 15.5 Å². The molecule has 0 atom stereocenters. The van der Waals surface area contributed by atoms with Crippen LogP contribution in [-0.4, -0.2) is 53.2 Å². The molecule has 1 amide bonds. The Kier molecular flexibility index (Phi) is 7.90. The summed E-state index contributed by atoms with van der Waals surface area (Å²) in [6, 6.07) is 8.89. The Morgan fingerprint density at radius 2 is 1.90 bits per heavy atom. The Bertz CT molecular complexity index is 1010. The minimum atomic E-state index is -0.522. The molecule has 0 unspecified atom stereocenters. The molecular weight excluding hydrogens is 440 g/mol. The summed E-state index contributed by atoms with van der Waals surface area (Å²) in [5, 5.41) is 13.6. The zero-order valence-electron chi connectivity index (χ0n) is 17.3. The van der Waals surface area contributed by atoms with Crippen LogP contribution in [0.3, 0.4) is 0 Å². The van der Waals surface area contributed by atoms with Crippen LogP contribution in [0.5, 0.6) is 11.5 Å². The van der Waals surface area contributed by atoms with Crippen molar-refractivity contribution in [1.82, 2.24) is 14.8 Å². The standard InChI is InChI=1S/C20H22N4O5S2/c1-4-24-19(16-6-5-7-30-16)22-23-20(24)31-12-18(26)29-11-17(25)21-13-8-14(27-2)10-15(9-13)28-3/h5-10H,4,11-12H2,1-3H3,(H,21,25). The largest absolute Gasteiger partial charge is 0.497 e. The number of rotatable bonds is 10. The summed E-state index contributed by atoms with van der Waals surface area (Å²) in [6.07, 6.45) is 0. The number of esters is 1. The van der Waals surface area contributed by atoms with Crippen LogP contribution >= 0.6 is 23.1 Å². The zero-order chi connectivity index (χ0) is 22.2. The van der Waals surface area contributed by atoms with Crippen molar-refractivity contribution in [2.24, 2.45) is 0 Å². The summed E-state index contributed by atoms with van der Waals surface area (Å²) in [6.45, 7) is 2.25. The molecule has 11 heteroatoms. The summed E-state index contributed by atoms with van der Waals surface area (Å²) in [4.78, 5) is 25.2. The molecule has 1 aromatic carbocycles. The smallest absolute Gasteiger partial charge is 0.316 e. The molecule has 0 saturated carbocycles. The van der Waals surface area contributed by atoms with Crippen molar-refractivity contribution in [2.75, 3.05) is 31.9 Å². The van der Waals surface area contributed by atoms with Crippen LogP contribution in [0.1, 0.15) is 6.92 Å². The zero-order valence-corrected chi connectivity index (χ0v) is 18.9. The molecule has 0 fully saturated rings. The minimum absolute atomic E-state index is 0.0167. The first-order valence-electron chi connectivity index (χ1n) is 9.32. The molecule has 31 heavy (non-hydrogen) atoms. The van der Waals surface area contributed by atoms with E-state index in [9.17, 15) is 9.59 Å². The third kappa shape index (κ3) is 5.98. The topological polar surface area (TPSA) is 105 Å². The van der Waals surface area contributed by atoms with Gasteiger partial charge in [-0.1, -0.05) is 17.8 Å². The first-order valence-corrected chi connectivity index (χ1v) is 11.2. The SMILES string of the molecule is CCn1c(SCC(=O)OCC(=O)Nc2cc(OC)cc(OC)c2)nnc1-c1cccs1. The monoisotopic (exact) mass is 462 g/mol. The molecule has 3 rings (SSSR count). The number of amides is 1. The van der Waals surface area contributed by atoms with Gasteiger partial charge >= 0.3 is 5.97 Å². The summed E-state index contributed by atoms with van der Waals surface area (Å²) >= 11 is 2.79. The van der Waals surface area contributed by atoms with Gasteiger partial charge < -0.3 is 24.1 Å². The molecule has 0 radical (unpaired) electrons. The average Bonchev–Trinajstić information content (AvgIpc) is 3.45. The van der Waals surface area contributed by atoms with Crippen molar-refractivity contribution in [3.05, 3.63) is 35.7 Å². The van der Waals surface area contributed by atoms with Crippen molar-refractivity contribution >= 4 is 40.7 Å². The van der Waals surface area contributed by atoms with Crippen molar-refractivity contribution < 1.29 is 23.8 Å². The fourth-order valence-electron chi connectivity index (χ4n) is 2.66. The number of benzene rings is 1. The van der Waals surface area contributed by atoms with Gasteiger partial charge in [-0.05, 0) is 18.4 Å². The van der Waals surface area contributed by atoms with Gasteiger partial charge in [-0.15, -0.1) is 21.5 Å². The number of methoxy groups -OCH3 is 2. The number of anilines is 1. The normalized spacial score (nSPS) is 10.5. The molecule has 0 aliphatic rings. The fourth-order valence-corrected chi connectivity index (χ4v) is 4.17. The highest BCUT2D eigenvalue weighted by atomic mass is 32.2. The number of aromatic nitrogens is 3. The maximum absolute atomic E-state index is 12.1. The summed E-state index contributed by atoms with van der Waals surface area (Å²) in [5.41, 5.74) is 0.476. The highest BCUT2D eigenvalue weighted by Crippen LogP contribution is 2.27. The second-order valence-corrected chi connectivity index (χ2v) is 8.02. The second kappa shape index (κ2) is 10.8. The van der Waals surface area contributed by atoms with E-state index in [4.69, 9.17) is 14.2 Å². The summed E-state index contributed by atoms with van der Waals surface area (Å²) < 4.78 is 17.3. The third-order valence-electron chi connectivity index (χ3n) is 4.09. The minimum Gasteiger partial charge on any atom is -0.497 e. The van der Waals surface area contributed by atoms with Crippen LogP contribution in [0.4, 0.5) is 5.69 Å². The molecule has 3 aromatic rings. The summed E-state index contributed by atoms with van der Waals surface area (Å²) in [5.74, 6) is 0.858. The van der Waals surface area contributed by atoms with Crippen LogP contribution in [0.2, 0.25) is 0 Å². The molecule has 1 N–H and O–H groups in total. The number of nitrogens with one attached hydrogen (secondary N) is 1. The molecule has 0 aliphatic heterocycles. The lowest BCUT2D eigenvalue weighted by Gasteiger charge is -2.10. The predicted molar refractivity (Wildman–Crippen MR) is 119 cm³/mol. The quantitative estimate of drug-likeness (QED) is 0.361. The molecular formula is C20H22N4O5S2. The molecule has 0 spiro atoms. The van der Waals surface area contributed by atoms with Gasteiger partial charge in [0.2, 0.25) is 0 Å².